The van der Waals surface area contributed by atoms with Crippen molar-refractivity contribution in [2.45, 2.75) is 50.0 Å². The van der Waals surface area contributed by atoms with Crippen LogP contribution in [0.25, 0.3) is 0 Å². The molecule has 0 spiro atoms. The van der Waals surface area contributed by atoms with Gasteiger partial charge in [-0.2, -0.15) is 5.10 Å². The number of hydrogen-bond acceptors (Lipinski definition) is 3. The Hall–Kier alpha value is -2.30. The Bertz CT molecular complexity index is 769. The summed E-state index contributed by atoms with van der Waals surface area (Å²) in [6, 6.07) is 10.0. The molecular weight excluding hydrogens is 314 g/mol. The summed E-state index contributed by atoms with van der Waals surface area (Å²) in [6.45, 7) is 0. The quantitative estimate of drug-likeness (QED) is 0.907. The first-order valence-electron chi connectivity index (χ1n) is 9.12. The topological polar surface area (TPSA) is 56.1 Å². The predicted molar refractivity (Wildman–Crippen MR) is 95.8 cm³/mol. The van der Waals surface area contributed by atoms with E-state index in [1.54, 1.807) is 11.8 Å². The van der Waals surface area contributed by atoms with Gasteiger partial charge in [-0.05, 0) is 49.4 Å². The van der Waals surface area contributed by atoms with Crippen molar-refractivity contribution in [3.8, 4) is 5.75 Å². The SMILES string of the molecule is COc1ccc(C2(NC(=O)c3cc(C4CC4)nn3C)CCCC2)cc1. The fraction of sp³-hybridized carbons (Fsp3) is 0.500. The van der Waals surface area contributed by atoms with Gasteiger partial charge in [-0.3, -0.25) is 9.48 Å². The van der Waals surface area contributed by atoms with Crippen molar-refractivity contribution in [3.05, 3.63) is 47.3 Å². The number of rotatable bonds is 5. The number of benzene rings is 1. The van der Waals surface area contributed by atoms with Gasteiger partial charge in [0.1, 0.15) is 11.4 Å². The molecule has 1 aromatic carbocycles. The molecule has 2 aliphatic carbocycles. The molecule has 2 aromatic rings. The number of amides is 1. The van der Waals surface area contributed by atoms with Crippen LogP contribution in [-0.4, -0.2) is 22.8 Å². The summed E-state index contributed by atoms with van der Waals surface area (Å²) >= 11 is 0. The number of nitrogens with zero attached hydrogens (tertiary/aromatic N) is 2. The van der Waals surface area contributed by atoms with E-state index >= 15 is 0 Å². The summed E-state index contributed by atoms with van der Waals surface area (Å²) in [7, 11) is 3.53. The van der Waals surface area contributed by atoms with E-state index in [2.05, 4.69) is 22.5 Å². The van der Waals surface area contributed by atoms with Crippen molar-refractivity contribution in [2.24, 2.45) is 7.05 Å². The van der Waals surface area contributed by atoms with E-state index in [1.807, 2.05) is 25.2 Å². The average molecular weight is 339 g/mol. The van der Waals surface area contributed by atoms with Gasteiger partial charge in [0.05, 0.1) is 18.3 Å². The molecule has 2 fully saturated rings. The van der Waals surface area contributed by atoms with Crippen LogP contribution in [0.3, 0.4) is 0 Å². The second-order valence-corrected chi connectivity index (χ2v) is 7.32. The Morgan fingerprint density at radius 3 is 2.52 bits per heavy atom. The molecule has 25 heavy (non-hydrogen) atoms. The summed E-state index contributed by atoms with van der Waals surface area (Å²) in [5, 5.41) is 7.86. The number of aromatic nitrogens is 2. The Morgan fingerprint density at radius 1 is 1.24 bits per heavy atom. The first-order valence-corrected chi connectivity index (χ1v) is 9.12. The Balaban J connectivity index is 1.59. The maximum absolute atomic E-state index is 13.0. The lowest BCUT2D eigenvalue weighted by Crippen LogP contribution is -2.44. The molecule has 0 aliphatic heterocycles. The highest BCUT2D eigenvalue weighted by molar-refractivity contribution is 5.93. The highest BCUT2D eigenvalue weighted by Crippen LogP contribution is 2.41. The monoisotopic (exact) mass is 339 g/mol. The van der Waals surface area contributed by atoms with Crippen LogP contribution in [0.4, 0.5) is 0 Å². The third-order valence-corrected chi connectivity index (χ3v) is 5.58. The van der Waals surface area contributed by atoms with E-state index in [1.165, 1.54) is 12.8 Å². The predicted octanol–water partition coefficient (Wildman–Crippen LogP) is 3.51. The van der Waals surface area contributed by atoms with Crippen LogP contribution in [0.5, 0.6) is 5.75 Å². The minimum absolute atomic E-state index is 0.0281. The van der Waals surface area contributed by atoms with Crippen LogP contribution in [0.1, 0.15) is 66.2 Å². The maximum Gasteiger partial charge on any atom is 0.270 e. The zero-order valence-electron chi connectivity index (χ0n) is 14.9. The molecule has 1 aromatic heterocycles. The lowest BCUT2D eigenvalue weighted by molar-refractivity contribution is 0.0888. The smallest absolute Gasteiger partial charge is 0.270 e. The van der Waals surface area contributed by atoms with Crippen LogP contribution in [0.2, 0.25) is 0 Å². The normalized spacial score (nSPS) is 19.0. The molecule has 1 amide bonds. The zero-order chi connectivity index (χ0) is 17.4. The van der Waals surface area contributed by atoms with Crippen LogP contribution in [-0.2, 0) is 12.6 Å². The molecule has 0 bridgehead atoms. The molecule has 2 aliphatic rings. The Labute approximate surface area is 148 Å². The van der Waals surface area contributed by atoms with Crippen molar-refractivity contribution in [3.63, 3.8) is 0 Å². The third-order valence-electron chi connectivity index (χ3n) is 5.58. The van der Waals surface area contributed by atoms with Crippen LogP contribution >= 0.6 is 0 Å². The molecule has 5 heteroatoms. The van der Waals surface area contributed by atoms with E-state index in [9.17, 15) is 4.79 Å². The van der Waals surface area contributed by atoms with E-state index in [-0.39, 0.29) is 11.4 Å². The first-order chi connectivity index (χ1) is 12.1. The Morgan fingerprint density at radius 2 is 1.92 bits per heavy atom. The van der Waals surface area contributed by atoms with Gasteiger partial charge in [-0.25, -0.2) is 0 Å². The van der Waals surface area contributed by atoms with Crippen molar-refractivity contribution in [2.75, 3.05) is 7.11 Å². The highest BCUT2D eigenvalue weighted by Gasteiger charge is 2.38. The molecule has 1 N–H and O–H groups in total. The standard InChI is InChI=1S/C20H25N3O2/c1-23-18(13-17(22-23)14-5-6-14)19(24)21-20(11-3-4-12-20)15-7-9-16(25-2)10-8-15/h7-10,13-14H,3-6,11-12H2,1-2H3,(H,21,24). The van der Waals surface area contributed by atoms with Crippen molar-refractivity contribution >= 4 is 5.91 Å². The van der Waals surface area contributed by atoms with Crippen molar-refractivity contribution in [1.29, 1.82) is 0 Å². The minimum Gasteiger partial charge on any atom is -0.497 e. The summed E-state index contributed by atoms with van der Waals surface area (Å²) in [6.07, 6.45) is 6.58. The number of carbonyl (C=O) groups excluding carboxylic acids is 1. The van der Waals surface area contributed by atoms with Gasteiger partial charge in [-0.15, -0.1) is 0 Å². The molecule has 0 unspecified atom stereocenters. The van der Waals surface area contributed by atoms with Gasteiger partial charge in [0.15, 0.2) is 0 Å². The average Bonchev–Trinajstić information content (AvgIpc) is 3.25. The summed E-state index contributed by atoms with van der Waals surface area (Å²) in [5.74, 6) is 1.36. The molecule has 0 radical (unpaired) electrons. The van der Waals surface area contributed by atoms with E-state index in [0.29, 0.717) is 11.6 Å². The number of aryl methyl sites for hydroxylation is 1. The third kappa shape index (κ3) is 3.03. The van der Waals surface area contributed by atoms with Crippen molar-refractivity contribution in [1.82, 2.24) is 15.1 Å². The maximum atomic E-state index is 13.0. The molecule has 132 valence electrons. The number of ether oxygens (including phenoxy) is 1. The number of hydrogen-bond donors (Lipinski definition) is 1. The van der Waals surface area contributed by atoms with Gasteiger partial charge in [0.25, 0.3) is 5.91 Å². The number of carbonyl (C=O) groups is 1. The van der Waals surface area contributed by atoms with Crippen LogP contribution < -0.4 is 10.1 Å². The fourth-order valence-corrected chi connectivity index (χ4v) is 3.94. The second-order valence-electron chi connectivity index (χ2n) is 7.32. The van der Waals surface area contributed by atoms with E-state index < -0.39 is 0 Å². The molecular formula is C20H25N3O2. The number of methoxy groups -OCH3 is 1. The van der Waals surface area contributed by atoms with Crippen LogP contribution in [0, 0.1) is 0 Å². The molecule has 0 atom stereocenters. The lowest BCUT2D eigenvalue weighted by atomic mass is 9.88. The van der Waals surface area contributed by atoms with Gasteiger partial charge in [0, 0.05) is 13.0 Å². The van der Waals surface area contributed by atoms with Gasteiger partial charge in [0.2, 0.25) is 0 Å². The zero-order valence-corrected chi connectivity index (χ0v) is 14.9. The van der Waals surface area contributed by atoms with Crippen LogP contribution in [0.15, 0.2) is 30.3 Å². The lowest BCUT2D eigenvalue weighted by Gasteiger charge is -2.31. The van der Waals surface area contributed by atoms with Gasteiger partial charge >= 0.3 is 0 Å². The number of nitrogens with one attached hydrogen (secondary N) is 1. The highest BCUT2D eigenvalue weighted by atomic mass is 16.5. The van der Waals surface area contributed by atoms with E-state index in [4.69, 9.17) is 4.74 Å². The molecule has 0 saturated heterocycles. The summed E-state index contributed by atoms with van der Waals surface area (Å²) < 4.78 is 6.98. The molecule has 1 heterocycles. The Kier molecular flexibility index (Phi) is 4.02. The second kappa shape index (κ2) is 6.21. The summed E-state index contributed by atoms with van der Waals surface area (Å²) in [5.41, 5.74) is 2.58. The van der Waals surface area contributed by atoms with Crippen molar-refractivity contribution < 1.29 is 9.53 Å². The largest absolute Gasteiger partial charge is 0.497 e. The summed E-state index contributed by atoms with van der Waals surface area (Å²) in [4.78, 5) is 13.0. The van der Waals surface area contributed by atoms with Gasteiger partial charge in [-0.1, -0.05) is 25.0 Å². The molecule has 4 rings (SSSR count). The van der Waals surface area contributed by atoms with E-state index in [0.717, 1.165) is 42.7 Å². The minimum atomic E-state index is -0.284. The fourth-order valence-electron chi connectivity index (χ4n) is 3.94. The molecule has 5 nitrogen and oxygen atoms in total. The molecule has 2 saturated carbocycles. The van der Waals surface area contributed by atoms with Gasteiger partial charge < -0.3 is 10.1 Å². The first kappa shape index (κ1) is 16.2.